The van der Waals surface area contributed by atoms with Gasteiger partial charge in [-0.3, -0.25) is 9.59 Å². The summed E-state index contributed by atoms with van der Waals surface area (Å²) in [7, 11) is 1.56. The average molecular weight is 283 g/mol. The van der Waals surface area contributed by atoms with E-state index in [1.54, 1.807) is 13.1 Å². The number of nitrogens with one attached hydrogen (secondary N) is 1. The van der Waals surface area contributed by atoms with Crippen molar-refractivity contribution in [2.45, 2.75) is 6.54 Å². The van der Waals surface area contributed by atoms with Crippen molar-refractivity contribution in [1.29, 1.82) is 0 Å². The Bertz CT molecular complexity index is 459. The Hall–Kier alpha value is -1.36. The predicted octanol–water partition coefficient (Wildman–Crippen LogP) is 1.15. The summed E-state index contributed by atoms with van der Waals surface area (Å²) in [5.41, 5.74) is 1.63. The van der Waals surface area contributed by atoms with E-state index in [2.05, 4.69) is 21.2 Å². The third-order valence-corrected chi connectivity index (χ3v) is 3.34. The van der Waals surface area contributed by atoms with E-state index in [0.717, 1.165) is 10.0 Å². The molecule has 0 fully saturated rings. The molecule has 84 valence electrons. The third-order valence-electron chi connectivity index (χ3n) is 2.60. The minimum Gasteiger partial charge on any atom is -0.358 e. The second-order valence-corrected chi connectivity index (χ2v) is 4.45. The van der Waals surface area contributed by atoms with Gasteiger partial charge in [0.2, 0.25) is 5.91 Å². The van der Waals surface area contributed by atoms with Crippen LogP contribution in [0, 0.1) is 0 Å². The molecule has 0 spiro atoms. The van der Waals surface area contributed by atoms with E-state index >= 15 is 0 Å². The van der Waals surface area contributed by atoms with Crippen LogP contribution in [-0.4, -0.2) is 30.3 Å². The minimum absolute atomic E-state index is 0.0834. The van der Waals surface area contributed by atoms with Crippen LogP contribution in [-0.2, 0) is 11.3 Å². The highest BCUT2D eigenvalue weighted by Crippen LogP contribution is 2.28. The summed E-state index contributed by atoms with van der Waals surface area (Å²) in [5.74, 6) is -0.239. The van der Waals surface area contributed by atoms with Crippen molar-refractivity contribution in [3.8, 4) is 0 Å². The summed E-state index contributed by atoms with van der Waals surface area (Å²) in [6.45, 7) is 0.597. The van der Waals surface area contributed by atoms with Crippen molar-refractivity contribution in [3.63, 3.8) is 0 Å². The molecule has 4 nitrogen and oxygen atoms in total. The Kier molecular flexibility index (Phi) is 2.96. The number of benzene rings is 1. The van der Waals surface area contributed by atoms with Crippen molar-refractivity contribution in [2.75, 3.05) is 13.6 Å². The highest BCUT2D eigenvalue weighted by Gasteiger charge is 2.29. The van der Waals surface area contributed by atoms with Gasteiger partial charge in [0.25, 0.3) is 5.91 Å². The standard InChI is InChI=1S/C11H11BrN2O2/c1-13-10(15)6-14-5-8-7(11(14)16)3-2-4-9(8)12/h2-4H,5-6H2,1H3,(H,13,15). The largest absolute Gasteiger partial charge is 0.358 e. The maximum atomic E-state index is 11.9. The first-order valence-electron chi connectivity index (χ1n) is 4.90. The zero-order valence-electron chi connectivity index (χ0n) is 8.79. The number of likely N-dealkylation sites (N-methyl/N-ethyl adjacent to an activating group) is 1. The molecule has 0 bridgehead atoms. The van der Waals surface area contributed by atoms with Crippen molar-refractivity contribution in [2.24, 2.45) is 0 Å². The van der Waals surface area contributed by atoms with Gasteiger partial charge in [-0.1, -0.05) is 22.0 Å². The molecule has 1 N–H and O–H groups in total. The average Bonchev–Trinajstić information content (AvgIpc) is 2.58. The van der Waals surface area contributed by atoms with Crippen LogP contribution in [0.2, 0.25) is 0 Å². The van der Waals surface area contributed by atoms with Gasteiger partial charge in [-0.15, -0.1) is 0 Å². The third kappa shape index (κ3) is 1.82. The van der Waals surface area contributed by atoms with Crippen molar-refractivity contribution < 1.29 is 9.59 Å². The minimum atomic E-state index is -0.155. The zero-order valence-corrected chi connectivity index (χ0v) is 10.4. The Morgan fingerprint density at radius 3 is 2.94 bits per heavy atom. The van der Waals surface area contributed by atoms with Crippen LogP contribution < -0.4 is 5.32 Å². The Balaban J connectivity index is 2.24. The van der Waals surface area contributed by atoms with E-state index in [1.807, 2.05) is 12.1 Å². The molecule has 1 heterocycles. The maximum Gasteiger partial charge on any atom is 0.255 e. The SMILES string of the molecule is CNC(=O)CN1Cc2c(Br)cccc2C1=O. The van der Waals surface area contributed by atoms with Gasteiger partial charge in [0, 0.05) is 23.6 Å². The quantitative estimate of drug-likeness (QED) is 0.885. The number of nitrogens with zero attached hydrogens (tertiary/aromatic N) is 1. The molecule has 2 rings (SSSR count). The lowest BCUT2D eigenvalue weighted by Crippen LogP contribution is -2.35. The highest BCUT2D eigenvalue weighted by atomic mass is 79.9. The Morgan fingerprint density at radius 2 is 2.31 bits per heavy atom. The van der Waals surface area contributed by atoms with Gasteiger partial charge < -0.3 is 10.2 Å². The van der Waals surface area contributed by atoms with E-state index in [9.17, 15) is 9.59 Å². The summed E-state index contributed by atoms with van der Waals surface area (Å²) < 4.78 is 0.915. The van der Waals surface area contributed by atoms with E-state index in [-0.39, 0.29) is 18.4 Å². The topological polar surface area (TPSA) is 49.4 Å². The molecule has 0 aromatic heterocycles. The summed E-state index contributed by atoms with van der Waals surface area (Å²) >= 11 is 3.41. The lowest BCUT2D eigenvalue weighted by molar-refractivity contribution is -0.121. The van der Waals surface area contributed by atoms with Crippen LogP contribution in [0.25, 0.3) is 0 Å². The molecule has 2 amide bonds. The molecule has 0 atom stereocenters. The fraction of sp³-hybridized carbons (Fsp3) is 0.273. The van der Waals surface area contributed by atoms with Crippen LogP contribution >= 0.6 is 15.9 Å². The Labute approximate surface area is 102 Å². The smallest absolute Gasteiger partial charge is 0.255 e. The van der Waals surface area contributed by atoms with Gasteiger partial charge in [-0.05, 0) is 17.7 Å². The molecule has 1 aromatic carbocycles. The lowest BCUT2D eigenvalue weighted by atomic mass is 10.1. The summed E-state index contributed by atoms with van der Waals surface area (Å²) in [6, 6.07) is 5.51. The molecule has 1 aliphatic heterocycles. The second-order valence-electron chi connectivity index (χ2n) is 3.60. The fourth-order valence-electron chi connectivity index (χ4n) is 1.73. The second kappa shape index (κ2) is 4.25. The Morgan fingerprint density at radius 1 is 1.56 bits per heavy atom. The zero-order chi connectivity index (χ0) is 11.7. The number of hydrogen-bond donors (Lipinski definition) is 1. The fourth-order valence-corrected chi connectivity index (χ4v) is 2.22. The molecule has 1 aromatic rings. The summed E-state index contributed by atoms with van der Waals surface area (Å²) in [4.78, 5) is 24.7. The number of fused-ring (bicyclic) bond motifs is 1. The molecule has 1 aliphatic rings. The molecule has 0 saturated heterocycles. The number of halogens is 1. The van der Waals surface area contributed by atoms with Gasteiger partial charge in [0.1, 0.15) is 6.54 Å². The molecular weight excluding hydrogens is 272 g/mol. The van der Waals surface area contributed by atoms with E-state index in [0.29, 0.717) is 12.1 Å². The number of hydrogen-bond acceptors (Lipinski definition) is 2. The van der Waals surface area contributed by atoms with Gasteiger partial charge in [0.15, 0.2) is 0 Å². The summed E-state index contributed by atoms with van der Waals surface area (Å²) in [5, 5.41) is 2.51. The highest BCUT2D eigenvalue weighted by molar-refractivity contribution is 9.10. The van der Waals surface area contributed by atoms with Crippen LogP contribution in [0.1, 0.15) is 15.9 Å². The lowest BCUT2D eigenvalue weighted by Gasteiger charge is -2.13. The molecule has 16 heavy (non-hydrogen) atoms. The van der Waals surface area contributed by atoms with Crippen LogP contribution in [0.3, 0.4) is 0 Å². The van der Waals surface area contributed by atoms with Crippen molar-refractivity contribution in [1.82, 2.24) is 10.2 Å². The van der Waals surface area contributed by atoms with Crippen LogP contribution in [0.5, 0.6) is 0 Å². The molecule has 0 unspecified atom stereocenters. The number of carbonyl (C=O) groups excluding carboxylic acids is 2. The van der Waals surface area contributed by atoms with Gasteiger partial charge in [-0.2, -0.15) is 0 Å². The molecule has 5 heteroatoms. The normalized spacial score (nSPS) is 13.9. The first-order valence-corrected chi connectivity index (χ1v) is 5.70. The number of amides is 2. The van der Waals surface area contributed by atoms with E-state index < -0.39 is 0 Å². The van der Waals surface area contributed by atoms with E-state index in [1.165, 1.54) is 4.90 Å². The van der Waals surface area contributed by atoms with Gasteiger partial charge >= 0.3 is 0 Å². The van der Waals surface area contributed by atoms with Crippen molar-refractivity contribution in [3.05, 3.63) is 33.8 Å². The van der Waals surface area contributed by atoms with Gasteiger partial charge in [0.05, 0.1) is 0 Å². The molecular formula is C11H11BrN2O2. The molecule has 0 radical (unpaired) electrons. The van der Waals surface area contributed by atoms with Crippen LogP contribution in [0.4, 0.5) is 0 Å². The van der Waals surface area contributed by atoms with E-state index in [4.69, 9.17) is 0 Å². The monoisotopic (exact) mass is 282 g/mol. The van der Waals surface area contributed by atoms with Crippen molar-refractivity contribution >= 4 is 27.7 Å². The number of carbonyl (C=O) groups is 2. The predicted molar refractivity (Wildman–Crippen MR) is 62.9 cm³/mol. The first-order chi connectivity index (χ1) is 7.63. The molecule has 0 aliphatic carbocycles. The maximum absolute atomic E-state index is 11.9. The summed E-state index contributed by atoms with van der Waals surface area (Å²) in [6.07, 6.45) is 0. The van der Waals surface area contributed by atoms with Crippen LogP contribution in [0.15, 0.2) is 22.7 Å². The first kappa shape index (κ1) is 11.1. The number of rotatable bonds is 2. The molecule has 0 saturated carbocycles. The van der Waals surface area contributed by atoms with Gasteiger partial charge in [-0.25, -0.2) is 0 Å².